The number of piperidine rings is 1. The molecule has 0 radical (unpaired) electrons. The summed E-state index contributed by atoms with van der Waals surface area (Å²) in [5.41, 5.74) is 1.69. The van der Waals surface area contributed by atoms with E-state index in [9.17, 15) is 4.79 Å². The van der Waals surface area contributed by atoms with E-state index in [1.165, 1.54) is 0 Å². The van der Waals surface area contributed by atoms with Crippen molar-refractivity contribution in [1.29, 1.82) is 0 Å². The van der Waals surface area contributed by atoms with Crippen molar-refractivity contribution in [3.8, 4) is 0 Å². The lowest BCUT2D eigenvalue weighted by molar-refractivity contribution is 0.0626. The van der Waals surface area contributed by atoms with Crippen LogP contribution in [0.15, 0.2) is 6.20 Å². The standard InChI is InChI=1S/C16H28N4O/c1-5-8-17-15-7-9-20(11-13(15)6-2)16(21)14-10-18-19(4)12(14)3/h10,13,15,17H,5-9,11H2,1-4H3. The highest BCUT2D eigenvalue weighted by Gasteiger charge is 2.31. The smallest absolute Gasteiger partial charge is 0.257 e. The summed E-state index contributed by atoms with van der Waals surface area (Å²) in [4.78, 5) is 14.7. The van der Waals surface area contributed by atoms with Crippen LogP contribution in [0.4, 0.5) is 0 Å². The van der Waals surface area contributed by atoms with Crippen LogP contribution in [0.5, 0.6) is 0 Å². The summed E-state index contributed by atoms with van der Waals surface area (Å²) in [6, 6.07) is 0.550. The molecule has 1 aliphatic heterocycles. The quantitative estimate of drug-likeness (QED) is 0.902. The molecule has 118 valence electrons. The lowest BCUT2D eigenvalue weighted by atomic mass is 9.89. The zero-order chi connectivity index (χ0) is 15.4. The monoisotopic (exact) mass is 292 g/mol. The van der Waals surface area contributed by atoms with Crippen LogP contribution >= 0.6 is 0 Å². The lowest BCUT2D eigenvalue weighted by Crippen LogP contribution is -2.51. The van der Waals surface area contributed by atoms with Gasteiger partial charge in [0, 0.05) is 31.9 Å². The van der Waals surface area contributed by atoms with E-state index in [0.29, 0.717) is 12.0 Å². The largest absolute Gasteiger partial charge is 0.338 e. The molecule has 2 heterocycles. The van der Waals surface area contributed by atoms with E-state index >= 15 is 0 Å². The van der Waals surface area contributed by atoms with Gasteiger partial charge in [-0.05, 0) is 32.2 Å². The summed E-state index contributed by atoms with van der Waals surface area (Å²) >= 11 is 0. The van der Waals surface area contributed by atoms with Gasteiger partial charge in [0.25, 0.3) is 5.91 Å². The number of aryl methyl sites for hydroxylation is 1. The molecular formula is C16H28N4O. The first kappa shape index (κ1) is 16.0. The topological polar surface area (TPSA) is 50.2 Å². The number of hydrogen-bond donors (Lipinski definition) is 1. The molecule has 5 heteroatoms. The predicted molar refractivity (Wildman–Crippen MR) is 84.3 cm³/mol. The number of hydrogen-bond acceptors (Lipinski definition) is 3. The minimum Gasteiger partial charge on any atom is -0.338 e. The molecule has 5 nitrogen and oxygen atoms in total. The molecule has 1 aromatic rings. The average molecular weight is 292 g/mol. The summed E-state index contributed by atoms with van der Waals surface area (Å²) in [6.45, 7) is 9.12. The van der Waals surface area contributed by atoms with Crippen molar-refractivity contribution in [2.75, 3.05) is 19.6 Å². The van der Waals surface area contributed by atoms with Gasteiger partial charge >= 0.3 is 0 Å². The summed E-state index contributed by atoms with van der Waals surface area (Å²) < 4.78 is 1.76. The maximum atomic E-state index is 12.7. The first-order valence-electron chi connectivity index (χ1n) is 8.09. The van der Waals surface area contributed by atoms with E-state index in [2.05, 4.69) is 24.3 Å². The van der Waals surface area contributed by atoms with Crippen LogP contribution in [0.1, 0.15) is 49.2 Å². The van der Waals surface area contributed by atoms with Gasteiger partial charge in [-0.1, -0.05) is 20.3 Å². The van der Waals surface area contributed by atoms with E-state index in [1.807, 2.05) is 18.9 Å². The minimum absolute atomic E-state index is 0.132. The molecule has 1 amide bonds. The zero-order valence-electron chi connectivity index (χ0n) is 13.7. The van der Waals surface area contributed by atoms with Crippen molar-refractivity contribution in [2.24, 2.45) is 13.0 Å². The maximum absolute atomic E-state index is 12.7. The van der Waals surface area contributed by atoms with Gasteiger partial charge in [0.1, 0.15) is 0 Å². The first-order valence-corrected chi connectivity index (χ1v) is 8.09. The van der Waals surface area contributed by atoms with Crippen molar-refractivity contribution >= 4 is 5.91 Å². The van der Waals surface area contributed by atoms with Crippen LogP contribution in [-0.2, 0) is 7.05 Å². The molecule has 1 saturated heterocycles. The maximum Gasteiger partial charge on any atom is 0.257 e. The van der Waals surface area contributed by atoms with Crippen molar-refractivity contribution in [3.63, 3.8) is 0 Å². The molecule has 1 N–H and O–H groups in total. The van der Waals surface area contributed by atoms with Crippen LogP contribution in [0.2, 0.25) is 0 Å². The first-order chi connectivity index (χ1) is 10.1. The molecule has 2 rings (SSSR count). The van der Waals surface area contributed by atoms with Gasteiger partial charge in [0.15, 0.2) is 0 Å². The third-order valence-corrected chi connectivity index (χ3v) is 4.67. The van der Waals surface area contributed by atoms with Gasteiger partial charge < -0.3 is 10.2 Å². The minimum atomic E-state index is 0.132. The predicted octanol–water partition coefficient (Wildman–Crippen LogP) is 1.97. The van der Waals surface area contributed by atoms with Gasteiger partial charge in [-0.25, -0.2) is 0 Å². The third kappa shape index (κ3) is 3.46. The normalized spacial score (nSPS) is 22.6. The molecule has 21 heavy (non-hydrogen) atoms. The van der Waals surface area contributed by atoms with Crippen molar-refractivity contribution in [2.45, 2.75) is 46.1 Å². The van der Waals surface area contributed by atoms with Crippen molar-refractivity contribution in [3.05, 3.63) is 17.5 Å². The zero-order valence-corrected chi connectivity index (χ0v) is 13.7. The van der Waals surface area contributed by atoms with Crippen LogP contribution in [0.3, 0.4) is 0 Å². The van der Waals surface area contributed by atoms with Gasteiger partial charge in [-0.2, -0.15) is 5.10 Å². The van der Waals surface area contributed by atoms with Gasteiger partial charge in [-0.15, -0.1) is 0 Å². The third-order valence-electron chi connectivity index (χ3n) is 4.67. The molecule has 1 fully saturated rings. The Balaban J connectivity index is 2.03. The molecule has 2 atom stereocenters. The highest BCUT2D eigenvalue weighted by atomic mass is 16.2. The Kier molecular flexibility index (Phi) is 5.39. The summed E-state index contributed by atoms with van der Waals surface area (Å²) in [6.07, 6.45) is 5.01. The lowest BCUT2D eigenvalue weighted by Gasteiger charge is -2.38. The number of nitrogens with zero attached hydrogens (tertiary/aromatic N) is 3. The number of rotatable bonds is 5. The van der Waals surface area contributed by atoms with Crippen molar-refractivity contribution < 1.29 is 4.79 Å². The molecule has 0 bridgehead atoms. The number of amides is 1. The summed E-state index contributed by atoms with van der Waals surface area (Å²) in [5.74, 6) is 0.680. The highest BCUT2D eigenvalue weighted by Crippen LogP contribution is 2.22. The fourth-order valence-corrected chi connectivity index (χ4v) is 3.11. The Morgan fingerprint density at radius 2 is 2.24 bits per heavy atom. The molecule has 1 aromatic heterocycles. The Labute approximate surface area is 127 Å². The van der Waals surface area contributed by atoms with E-state index < -0.39 is 0 Å². The number of nitrogens with one attached hydrogen (secondary N) is 1. The van der Waals surface area contributed by atoms with Gasteiger partial charge in [0.2, 0.25) is 0 Å². The number of aromatic nitrogens is 2. The van der Waals surface area contributed by atoms with E-state index in [-0.39, 0.29) is 5.91 Å². The molecule has 0 spiro atoms. The molecule has 1 aliphatic rings. The Hall–Kier alpha value is -1.36. The second-order valence-electron chi connectivity index (χ2n) is 6.04. The number of carbonyl (C=O) groups is 1. The van der Waals surface area contributed by atoms with E-state index in [4.69, 9.17) is 0 Å². The van der Waals surface area contributed by atoms with Crippen LogP contribution in [-0.4, -0.2) is 46.3 Å². The Morgan fingerprint density at radius 1 is 1.48 bits per heavy atom. The van der Waals surface area contributed by atoms with E-state index in [0.717, 1.165) is 50.2 Å². The molecule has 2 unspecified atom stereocenters. The molecule has 0 saturated carbocycles. The Bertz CT molecular complexity index is 483. The number of carbonyl (C=O) groups excluding carboxylic acids is 1. The van der Waals surface area contributed by atoms with Gasteiger partial charge in [-0.3, -0.25) is 9.48 Å². The van der Waals surface area contributed by atoms with Crippen LogP contribution in [0.25, 0.3) is 0 Å². The fraction of sp³-hybridized carbons (Fsp3) is 0.750. The second-order valence-corrected chi connectivity index (χ2v) is 6.04. The average Bonchev–Trinajstić information content (AvgIpc) is 2.84. The van der Waals surface area contributed by atoms with Crippen LogP contribution in [0, 0.1) is 12.8 Å². The van der Waals surface area contributed by atoms with Crippen LogP contribution < -0.4 is 5.32 Å². The summed E-state index contributed by atoms with van der Waals surface area (Å²) in [7, 11) is 1.88. The molecule has 0 aromatic carbocycles. The molecule has 0 aliphatic carbocycles. The van der Waals surface area contributed by atoms with E-state index in [1.54, 1.807) is 10.9 Å². The van der Waals surface area contributed by atoms with Crippen molar-refractivity contribution in [1.82, 2.24) is 20.0 Å². The number of likely N-dealkylation sites (tertiary alicyclic amines) is 1. The second kappa shape index (κ2) is 7.07. The highest BCUT2D eigenvalue weighted by molar-refractivity contribution is 5.95. The SMILES string of the molecule is CCCNC1CCN(C(=O)c2cnn(C)c2C)CC1CC. The Morgan fingerprint density at radius 3 is 2.81 bits per heavy atom. The fourth-order valence-electron chi connectivity index (χ4n) is 3.11. The van der Waals surface area contributed by atoms with Gasteiger partial charge in [0.05, 0.1) is 11.8 Å². The summed E-state index contributed by atoms with van der Waals surface area (Å²) in [5, 5.41) is 7.82. The molecular weight excluding hydrogens is 264 g/mol.